The van der Waals surface area contributed by atoms with Crippen molar-refractivity contribution >= 4 is 23.4 Å². The van der Waals surface area contributed by atoms with Gasteiger partial charge in [0.05, 0.1) is 18.5 Å². The molecule has 0 unspecified atom stereocenters. The van der Waals surface area contributed by atoms with Crippen LogP contribution < -0.4 is 4.74 Å². The monoisotopic (exact) mass is 280 g/mol. The third-order valence-corrected chi connectivity index (χ3v) is 2.78. The zero-order valence-corrected chi connectivity index (χ0v) is 10.6. The molecule has 1 aromatic heterocycles. The van der Waals surface area contributed by atoms with Crippen LogP contribution in [0, 0.1) is 0 Å². The fourth-order valence-corrected chi connectivity index (χ4v) is 1.83. The molecule has 0 amide bonds. The predicted molar refractivity (Wildman–Crippen MR) is 67.0 cm³/mol. The SMILES string of the molecule is COc1ccc(C(=O)c2nc[nH]c2C(=O)O)cc1Cl. The van der Waals surface area contributed by atoms with Crippen molar-refractivity contribution in [3.63, 3.8) is 0 Å². The number of hydrogen-bond acceptors (Lipinski definition) is 4. The summed E-state index contributed by atoms with van der Waals surface area (Å²) in [6, 6.07) is 4.43. The van der Waals surface area contributed by atoms with Crippen molar-refractivity contribution in [2.75, 3.05) is 7.11 Å². The van der Waals surface area contributed by atoms with Crippen LogP contribution in [0.15, 0.2) is 24.5 Å². The molecule has 0 saturated heterocycles. The molecule has 0 aliphatic carbocycles. The van der Waals surface area contributed by atoms with Crippen molar-refractivity contribution in [1.82, 2.24) is 9.97 Å². The number of ketones is 1. The summed E-state index contributed by atoms with van der Waals surface area (Å²) < 4.78 is 4.97. The Labute approximate surface area is 113 Å². The highest BCUT2D eigenvalue weighted by molar-refractivity contribution is 6.32. The number of rotatable bonds is 4. The summed E-state index contributed by atoms with van der Waals surface area (Å²) >= 11 is 5.92. The first-order valence-electron chi connectivity index (χ1n) is 5.19. The second-order valence-electron chi connectivity index (χ2n) is 3.61. The zero-order valence-electron chi connectivity index (χ0n) is 9.81. The highest BCUT2D eigenvalue weighted by Gasteiger charge is 2.21. The molecular weight excluding hydrogens is 272 g/mol. The van der Waals surface area contributed by atoms with Crippen LogP contribution in [0.3, 0.4) is 0 Å². The molecular formula is C12H9ClN2O4. The normalized spacial score (nSPS) is 10.2. The van der Waals surface area contributed by atoms with E-state index in [9.17, 15) is 9.59 Å². The number of nitrogens with one attached hydrogen (secondary N) is 1. The molecule has 0 bridgehead atoms. The Balaban J connectivity index is 2.42. The molecule has 19 heavy (non-hydrogen) atoms. The number of methoxy groups -OCH3 is 1. The molecule has 0 atom stereocenters. The quantitative estimate of drug-likeness (QED) is 0.836. The number of nitrogens with zero attached hydrogens (tertiary/aromatic N) is 1. The minimum Gasteiger partial charge on any atom is -0.495 e. The number of aromatic carboxylic acids is 1. The number of H-pyrrole nitrogens is 1. The summed E-state index contributed by atoms with van der Waals surface area (Å²) in [4.78, 5) is 29.2. The molecule has 1 heterocycles. The van der Waals surface area contributed by atoms with E-state index in [1.54, 1.807) is 0 Å². The Morgan fingerprint density at radius 2 is 2.16 bits per heavy atom. The van der Waals surface area contributed by atoms with Gasteiger partial charge in [0, 0.05) is 5.56 Å². The summed E-state index contributed by atoms with van der Waals surface area (Å²) in [6.07, 6.45) is 1.15. The van der Waals surface area contributed by atoms with Gasteiger partial charge in [-0.2, -0.15) is 0 Å². The summed E-state index contributed by atoms with van der Waals surface area (Å²) in [5.41, 5.74) is -0.175. The summed E-state index contributed by atoms with van der Waals surface area (Å²) in [5.74, 6) is -1.35. The van der Waals surface area contributed by atoms with Gasteiger partial charge in [-0.25, -0.2) is 9.78 Å². The van der Waals surface area contributed by atoms with Gasteiger partial charge < -0.3 is 14.8 Å². The number of halogens is 1. The lowest BCUT2D eigenvalue weighted by Gasteiger charge is -2.04. The lowest BCUT2D eigenvalue weighted by Crippen LogP contribution is -2.09. The van der Waals surface area contributed by atoms with Gasteiger partial charge >= 0.3 is 5.97 Å². The third kappa shape index (κ3) is 2.43. The van der Waals surface area contributed by atoms with E-state index in [1.165, 1.54) is 25.3 Å². The smallest absolute Gasteiger partial charge is 0.354 e. The van der Waals surface area contributed by atoms with E-state index in [0.717, 1.165) is 6.33 Å². The molecule has 6 nitrogen and oxygen atoms in total. The minimum absolute atomic E-state index is 0.159. The van der Waals surface area contributed by atoms with Gasteiger partial charge in [-0.15, -0.1) is 0 Å². The number of aromatic amines is 1. The number of carboxylic acid groups (broad SMARTS) is 1. The average Bonchev–Trinajstić information content (AvgIpc) is 2.87. The molecule has 7 heteroatoms. The molecule has 0 aliphatic rings. The number of hydrogen-bond donors (Lipinski definition) is 2. The van der Waals surface area contributed by atoms with Crippen LogP contribution in [0.25, 0.3) is 0 Å². The van der Waals surface area contributed by atoms with E-state index in [0.29, 0.717) is 5.75 Å². The number of ether oxygens (including phenoxy) is 1. The number of carboxylic acids is 1. The van der Waals surface area contributed by atoms with Crippen molar-refractivity contribution in [2.45, 2.75) is 0 Å². The maximum atomic E-state index is 12.1. The number of carbonyl (C=O) groups excluding carboxylic acids is 1. The predicted octanol–water partition coefficient (Wildman–Crippen LogP) is 2.00. The molecule has 0 aliphatic heterocycles. The van der Waals surface area contributed by atoms with Gasteiger partial charge in [0.15, 0.2) is 5.69 Å². The van der Waals surface area contributed by atoms with E-state index < -0.39 is 11.8 Å². The third-order valence-electron chi connectivity index (χ3n) is 2.48. The topological polar surface area (TPSA) is 92.3 Å². The van der Waals surface area contributed by atoms with Gasteiger partial charge in [0.2, 0.25) is 5.78 Å². The Hall–Kier alpha value is -2.34. The van der Waals surface area contributed by atoms with Crippen molar-refractivity contribution in [1.29, 1.82) is 0 Å². The second kappa shape index (κ2) is 5.11. The van der Waals surface area contributed by atoms with Crippen molar-refractivity contribution in [2.24, 2.45) is 0 Å². The fraction of sp³-hybridized carbons (Fsp3) is 0.0833. The van der Waals surface area contributed by atoms with Gasteiger partial charge in [0.1, 0.15) is 11.4 Å². The van der Waals surface area contributed by atoms with Crippen LogP contribution >= 0.6 is 11.6 Å². The van der Waals surface area contributed by atoms with Crippen LogP contribution in [0.1, 0.15) is 26.5 Å². The molecule has 0 spiro atoms. The first-order valence-corrected chi connectivity index (χ1v) is 5.57. The minimum atomic E-state index is -1.25. The van der Waals surface area contributed by atoms with Crippen LogP contribution in [0.5, 0.6) is 5.75 Å². The molecule has 0 radical (unpaired) electrons. The van der Waals surface area contributed by atoms with Crippen LogP contribution in [-0.2, 0) is 0 Å². The first-order chi connectivity index (χ1) is 9.04. The van der Waals surface area contributed by atoms with Gasteiger partial charge in [0.25, 0.3) is 0 Å². The molecule has 0 fully saturated rings. The van der Waals surface area contributed by atoms with Gasteiger partial charge in [-0.05, 0) is 18.2 Å². The summed E-state index contributed by atoms with van der Waals surface area (Å²) in [5, 5.41) is 9.18. The fourth-order valence-electron chi connectivity index (χ4n) is 1.57. The largest absolute Gasteiger partial charge is 0.495 e. The molecule has 1 aromatic carbocycles. The van der Waals surface area contributed by atoms with Gasteiger partial charge in [-0.3, -0.25) is 4.79 Å². The number of carbonyl (C=O) groups is 2. The molecule has 0 saturated carbocycles. The summed E-state index contributed by atoms with van der Waals surface area (Å²) in [7, 11) is 1.46. The maximum Gasteiger partial charge on any atom is 0.354 e. The van der Waals surface area contributed by atoms with E-state index in [-0.39, 0.29) is 22.0 Å². The Morgan fingerprint density at radius 1 is 1.42 bits per heavy atom. The highest BCUT2D eigenvalue weighted by Crippen LogP contribution is 2.26. The Kier molecular flexibility index (Phi) is 3.52. The Morgan fingerprint density at radius 3 is 2.74 bits per heavy atom. The standard InChI is InChI=1S/C12H9ClN2O4/c1-19-8-3-2-6(4-7(8)13)11(16)9-10(12(17)18)15-5-14-9/h2-5H,1H3,(H,14,15)(H,17,18). The lowest BCUT2D eigenvalue weighted by molar-refractivity contribution is 0.0687. The zero-order chi connectivity index (χ0) is 14.0. The highest BCUT2D eigenvalue weighted by atomic mass is 35.5. The summed E-state index contributed by atoms with van der Waals surface area (Å²) in [6.45, 7) is 0. The van der Waals surface area contributed by atoms with Crippen molar-refractivity contribution < 1.29 is 19.4 Å². The second-order valence-corrected chi connectivity index (χ2v) is 4.02. The maximum absolute atomic E-state index is 12.1. The van der Waals surface area contributed by atoms with E-state index in [4.69, 9.17) is 21.4 Å². The van der Waals surface area contributed by atoms with Crippen molar-refractivity contribution in [3.8, 4) is 5.75 Å². The Bertz CT molecular complexity index is 651. The first kappa shape index (κ1) is 13.1. The van der Waals surface area contributed by atoms with Crippen molar-refractivity contribution in [3.05, 3.63) is 46.5 Å². The number of imidazole rings is 1. The van der Waals surface area contributed by atoms with E-state index in [1.807, 2.05) is 0 Å². The lowest BCUT2D eigenvalue weighted by atomic mass is 10.1. The molecule has 2 N–H and O–H groups in total. The number of benzene rings is 1. The molecule has 98 valence electrons. The molecule has 2 rings (SSSR count). The van der Waals surface area contributed by atoms with Gasteiger partial charge in [-0.1, -0.05) is 11.6 Å². The van der Waals surface area contributed by atoms with Crippen LogP contribution in [-0.4, -0.2) is 33.9 Å². The average molecular weight is 281 g/mol. The van der Waals surface area contributed by atoms with E-state index in [2.05, 4.69) is 9.97 Å². The number of aromatic nitrogens is 2. The molecule has 2 aromatic rings. The van der Waals surface area contributed by atoms with Crippen LogP contribution in [0.2, 0.25) is 5.02 Å². The van der Waals surface area contributed by atoms with E-state index >= 15 is 0 Å². The van der Waals surface area contributed by atoms with Crippen LogP contribution in [0.4, 0.5) is 0 Å².